The highest BCUT2D eigenvalue weighted by Crippen LogP contribution is 2.15. The van der Waals surface area contributed by atoms with Crippen molar-refractivity contribution in [1.82, 2.24) is 0 Å². The highest BCUT2D eigenvalue weighted by molar-refractivity contribution is 4.99. The van der Waals surface area contributed by atoms with Gasteiger partial charge in [-0.25, -0.2) is 0 Å². The molecule has 0 aliphatic heterocycles. The fraction of sp³-hybridized carbons (Fsp3) is 0.750. The van der Waals surface area contributed by atoms with Crippen LogP contribution < -0.4 is 0 Å². The van der Waals surface area contributed by atoms with Crippen LogP contribution in [0, 0.1) is 0 Å². The average Bonchev–Trinajstić information content (AvgIpc) is 2.05. The molecule has 1 unspecified atom stereocenters. The summed E-state index contributed by atoms with van der Waals surface area (Å²) < 4.78 is 10.3. The molecule has 1 aliphatic carbocycles. The van der Waals surface area contributed by atoms with Gasteiger partial charge in [-0.15, -0.1) is 0 Å². The molecule has 0 aromatic heterocycles. The van der Waals surface area contributed by atoms with E-state index in [4.69, 9.17) is 9.47 Å². The maximum Gasteiger partial charge on any atom is 0.0754 e. The normalized spacial score (nSPS) is 32.6. The highest BCUT2D eigenvalue weighted by atomic mass is 16.5. The SMILES string of the molecule is COC1C=C[C@@H](OC)CC1. The molecule has 0 N–H and O–H groups in total. The van der Waals surface area contributed by atoms with E-state index in [1.165, 1.54) is 0 Å². The summed E-state index contributed by atoms with van der Waals surface area (Å²) in [6.07, 6.45) is 6.91. The van der Waals surface area contributed by atoms with Gasteiger partial charge < -0.3 is 9.47 Å². The first-order valence-corrected chi connectivity index (χ1v) is 3.60. The molecule has 0 bridgehead atoms. The topological polar surface area (TPSA) is 18.5 Å². The molecule has 2 heteroatoms. The van der Waals surface area contributed by atoms with Crippen molar-refractivity contribution in [3.63, 3.8) is 0 Å². The molecule has 58 valence electrons. The van der Waals surface area contributed by atoms with Crippen molar-refractivity contribution in [3.8, 4) is 0 Å². The van der Waals surface area contributed by atoms with Crippen LogP contribution in [-0.4, -0.2) is 26.4 Å². The van der Waals surface area contributed by atoms with E-state index >= 15 is 0 Å². The third-order valence-corrected chi connectivity index (χ3v) is 1.88. The van der Waals surface area contributed by atoms with Crippen LogP contribution >= 0.6 is 0 Å². The summed E-state index contributed by atoms with van der Waals surface area (Å²) in [5, 5.41) is 0. The Kier molecular flexibility index (Phi) is 2.90. The van der Waals surface area contributed by atoms with Crippen LogP contribution in [0.4, 0.5) is 0 Å². The van der Waals surface area contributed by atoms with Crippen molar-refractivity contribution < 1.29 is 9.47 Å². The van der Waals surface area contributed by atoms with E-state index in [0.717, 1.165) is 12.8 Å². The van der Waals surface area contributed by atoms with Gasteiger partial charge in [-0.3, -0.25) is 0 Å². The summed E-state index contributed by atoms with van der Waals surface area (Å²) in [6, 6.07) is 0. The molecule has 0 saturated heterocycles. The monoisotopic (exact) mass is 142 g/mol. The first-order chi connectivity index (χ1) is 4.86. The Balaban J connectivity index is 2.36. The predicted molar refractivity (Wildman–Crippen MR) is 40.0 cm³/mol. The van der Waals surface area contributed by atoms with Gasteiger partial charge in [0.25, 0.3) is 0 Å². The van der Waals surface area contributed by atoms with Crippen LogP contribution in [0.1, 0.15) is 12.8 Å². The van der Waals surface area contributed by atoms with Crippen LogP contribution in [0.15, 0.2) is 12.2 Å². The van der Waals surface area contributed by atoms with Crippen molar-refractivity contribution >= 4 is 0 Å². The van der Waals surface area contributed by atoms with Crippen LogP contribution in [-0.2, 0) is 9.47 Å². The molecule has 2 atom stereocenters. The third kappa shape index (κ3) is 1.82. The summed E-state index contributed by atoms with van der Waals surface area (Å²) in [4.78, 5) is 0. The maximum absolute atomic E-state index is 5.14. The Morgan fingerprint density at radius 1 is 1.00 bits per heavy atom. The molecular formula is C8H14O2. The number of hydrogen-bond acceptors (Lipinski definition) is 2. The zero-order valence-corrected chi connectivity index (χ0v) is 6.54. The van der Waals surface area contributed by atoms with Gasteiger partial charge in [0.1, 0.15) is 0 Å². The zero-order chi connectivity index (χ0) is 7.40. The first-order valence-electron chi connectivity index (χ1n) is 3.60. The summed E-state index contributed by atoms with van der Waals surface area (Å²) in [7, 11) is 3.48. The molecular weight excluding hydrogens is 128 g/mol. The molecule has 0 fully saturated rings. The minimum absolute atomic E-state index is 0.311. The Labute approximate surface area is 61.8 Å². The quantitative estimate of drug-likeness (QED) is 0.542. The van der Waals surface area contributed by atoms with Crippen LogP contribution in [0.3, 0.4) is 0 Å². The molecule has 2 nitrogen and oxygen atoms in total. The largest absolute Gasteiger partial charge is 0.377 e. The van der Waals surface area contributed by atoms with E-state index in [1.807, 2.05) is 0 Å². The Bertz CT molecular complexity index is 106. The van der Waals surface area contributed by atoms with E-state index in [0.29, 0.717) is 12.2 Å². The van der Waals surface area contributed by atoms with E-state index < -0.39 is 0 Å². The first kappa shape index (κ1) is 7.76. The van der Waals surface area contributed by atoms with Gasteiger partial charge in [-0.05, 0) is 12.8 Å². The fourth-order valence-electron chi connectivity index (χ4n) is 1.16. The lowest BCUT2D eigenvalue weighted by Gasteiger charge is -2.20. The van der Waals surface area contributed by atoms with Crippen molar-refractivity contribution in [3.05, 3.63) is 12.2 Å². The maximum atomic E-state index is 5.14. The Morgan fingerprint density at radius 3 is 1.60 bits per heavy atom. The summed E-state index contributed by atoms with van der Waals surface area (Å²) in [5.41, 5.74) is 0. The van der Waals surface area contributed by atoms with Gasteiger partial charge in [-0.1, -0.05) is 12.2 Å². The predicted octanol–water partition coefficient (Wildman–Crippen LogP) is 1.37. The van der Waals surface area contributed by atoms with E-state index in [-0.39, 0.29) is 0 Å². The summed E-state index contributed by atoms with van der Waals surface area (Å²) in [6.45, 7) is 0. The van der Waals surface area contributed by atoms with Crippen molar-refractivity contribution in [2.75, 3.05) is 14.2 Å². The van der Waals surface area contributed by atoms with Crippen LogP contribution in [0.5, 0.6) is 0 Å². The number of ether oxygens (including phenoxy) is 2. The summed E-state index contributed by atoms with van der Waals surface area (Å²) >= 11 is 0. The molecule has 0 heterocycles. The zero-order valence-electron chi connectivity index (χ0n) is 6.54. The second-order valence-electron chi connectivity index (χ2n) is 2.51. The smallest absolute Gasteiger partial charge is 0.0754 e. The van der Waals surface area contributed by atoms with Crippen molar-refractivity contribution in [1.29, 1.82) is 0 Å². The number of methoxy groups -OCH3 is 2. The molecule has 1 rings (SSSR count). The van der Waals surface area contributed by atoms with E-state index in [9.17, 15) is 0 Å². The lowest BCUT2D eigenvalue weighted by molar-refractivity contribution is 0.0799. The summed E-state index contributed by atoms with van der Waals surface area (Å²) in [5.74, 6) is 0. The highest BCUT2D eigenvalue weighted by Gasteiger charge is 2.13. The Morgan fingerprint density at radius 2 is 1.40 bits per heavy atom. The van der Waals surface area contributed by atoms with Crippen molar-refractivity contribution in [2.45, 2.75) is 25.0 Å². The number of hydrogen-bond donors (Lipinski definition) is 0. The standard InChI is InChI=1S/C8H14O2/c1-9-7-3-5-8(10-2)6-4-7/h3,5,7-8H,4,6H2,1-2H3/t7-,8?/m1/s1. The van der Waals surface area contributed by atoms with Gasteiger partial charge in [0.2, 0.25) is 0 Å². The van der Waals surface area contributed by atoms with Gasteiger partial charge in [0.15, 0.2) is 0 Å². The third-order valence-electron chi connectivity index (χ3n) is 1.88. The van der Waals surface area contributed by atoms with Crippen molar-refractivity contribution in [2.24, 2.45) is 0 Å². The fourth-order valence-corrected chi connectivity index (χ4v) is 1.16. The molecule has 0 aromatic rings. The second-order valence-corrected chi connectivity index (χ2v) is 2.51. The minimum atomic E-state index is 0.311. The lowest BCUT2D eigenvalue weighted by atomic mass is 10.0. The van der Waals surface area contributed by atoms with Gasteiger partial charge >= 0.3 is 0 Å². The molecule has 0 radical (unpaired) electrons. The molecule has 1 aliphatic rings. The minimum Gasteiger partial charge on any atom is -0.377 e. The van der Waals surface area contributed by atoms with Gasteiger partial charge in [0, 0.05) is 14.2 Å². The number of rotatable bonds is 2. The van der Waals surface area contributed by atoms with Gasteiger partial charge in [-0.2, -0.15) is 0 Å². The van der Waals surface area contributed by atoms with Gasteiger partial charge in [0.05, 0.1) is 12.2 Å². The van der Waals surface area contributed by atoms with Crippen LogP contribution in [0.2, 0.25) is 0 Å². The van der Waals surface area contributed by atoms with E-state index in [2.05, 4.69) is 12.2 Å². The lowest BCUT2D eigenvalue weighted by Crippen LogP contribution is -2.19. The molecule has 0 spiro atoms. The molecule has 0 saturated carbocycles. The average molecular weight is 142 g/mol. The Hall–Kier alpha value is -0.340. The van der Waals surface area contributed by atoms with E-state index in [1.54, 1.807) is 14.2 Å². The molecule has 0 aromatic carbocycles. The molecule has 10 heavy (non-hydrogen) atoms. The second kappa shape index (κ2) is 3.74. The molecule has 0 amide bonds. The van der Waals surface area contributed by atoms with Crippen LogP contribution in [0.25, 0.3) is 0 Å².